The Hall–Kier alpha value is -6.11. The first-order valence-corrected chi connectivity index (χ1v) is 13.9. The molecule has 0 aliphatic heterocycles. The molecule has 45 heavy (non-hydrogen) atoms. The van der Waals surface area contributed by atoms with E-state index in [0.717, 1.165) is 5.69 Å². The van der Waals surface area contributed by atoms with Crippen molar-refractivity contribution in [2.45, 2.75) is 13.5 Å². The number of benzene rings is 2. The maximum atomic E-state index is 13.3. The number of nitrogens with zero attached hydrogens (tertiary/aromatic N) is 3. The number of rotatable bonds is 13. The smallest absolute Gasteiger partial charge is 0.372 e. The Balaban J connectivity index is 1.75. The Labute approximate surface area is 258 Å². The molecule has 2 aromatic carbocycles. The van der Waals surface area contributed by atoms with Gasteiger partial charge in [0.1, 0.15) is 17.9 Å². The molecule has 2 heterocycles. The number of carboxylic acid groups (broad SMARTS) is 1. The topological polar surface area (TPSA) is 173 Å². The molecule has 230 valence electrons. The average Bonchev–Trinajstić information content (AvgIpc) is 3.47. The summed E-state index contributed by atoms with van der Waals surface area (Å²) in [5.41, 5.74) is 2.28. The zero-order valence-corrected chi connectivity index (χ0v) is 24.3. The number of carbonyl (C=O) groups is 5. The Morgan fingerprint density at radius 3 is 2.33 bits per heavy atom. The summed E-state index contributed by atoms with van der Waals surface area (Å²) < 4.78 is 8.32. The van der Waals surface area contributed by atoms with Crippen LogP contribution in [0.2, 0.25) is 0 Å². The van der Waals surface area contributed by atoms with E-state index in [1.807, 2.05) is 30.3 Å². The fourth-order valence-electron chi connectivity index (χ4n) is 4.14. The molecule has 0 unspecified atom stereocenters. The Kier molecular flexibility index (Phi) is 10.9. The zero-order chi connectivity index (χ0) is 32.2. The van der Waals surface area contributed by atoms with Gasteiger partial charge in [0.15, 0.2) is 12.4 Å². The second-order valence-electron chi connectivity index (χ2n) is 9.51. The van der Waals surface area contributed by atoms with E-state index in [-0.39, 0.29) is 18.8 Å². The molecule has 0 bridgehead atoms. The summed E-state index contributed by atoms with van der Waals surface area (Å²) in [4.78, 5) is 61.4. The first kappa shape index (κ1) is 31.8. The van der Waals surface area contributed by atoms with E-state index >= 15 is 0 Å². The minimum atomic E-state index is -1.24. The lowest BCUT2D eigenvalue weighted by atomic mass is 10.1. The van der Waals surface area contributed by atoms with E-state index < -0.39 is 42.7 Å². The maximum absolute atomic E-state index is 13.3. The van der Waals surface area contributed by atoms with Gasteiger partial charge in [-0.2, -0.15) is 9.67 Å². The number of aliphatic carboxylic acids is 1. The summed E-state index contributed by atoms with van der Waals surface area (Å²) >= 11 is 0. The fraction of sp³-hybridized carbons (Fsp3) is 0.156. The molecule has 13 heteroatoms. The Morgan fingerprint density at radius 2 is 1.64 bits per heavy atom. The molecule has 2 aromatic heterocycles. The highest BCUT2D eigenvalue weighted by Crippen LogP contribution is 2.25. The quantitative estimate of drug-likeness (QED) is 0.1000. The zero-order valence-electron chi connectivity index (χ0n) is 24.3. The van der Waals surface area contributed by atoms with Gasteiger partial charge < -0.3 is 25.8 Å². The van der Waals surface area contributed by atoms with Crippen LogP contribution in [0.15, 0.2) is 97.1 Å². The molecule has 4 rings (SSSR count). The largest absolute Gasteiger partial charge is 0.480 e. The lowest BCUT2D eigenvalue weighted by Gasteiger charge is -2.11. The molecule has 0 spiro atoms. The van der Waals surface area contributed by atoms with Crippen molar-refractivity contribution in [1.29, 1.82) is 0 Å². The number of amides is 3. The van der Waals surface area contributed by atoms with Gasteiger partial charge >= 0.3 is 11.9 Å². The molecule has 0 aliphatic carbocycles. The molecule has 0 atom stereocenters. The van der Waals surface area contributed by atoms with Crippen molar-refractivity contribution in [3.05, 3.63) is 108 Å². The predicted molar refractivity (Wildman–Crippen MR) is 161 cm³/mol. The van der Waals surface area contributed by atoms with E-state index in [0.29, 0.717) is 22.4 Å². The lowest BCUT2D eigenvalue weighted by Crippen LogP contribution is -2.41. The monoisotopic (exact) mass is 611 g/mol. The number of esters is 1. The van der Waals surface area contributed by atoms with E-state index in [1.54, 1.807) is 77.2 Å². The number of hydrogen-bond donors (Lipinski definition) is 4. The van der Waals surface area contributed by atoms with Gasteiger partial charge in [0.05, 0.1) is 24.4 Å². The van der Waals surface area contributed by atoms with Crippen molar-refractivity contribution in [3.63, 3.8) is 0 Å². The molecule has 3 amide bonds. The standard InChI is InChI=1S/C32H30N6O7/c1-2-45-29(42)21-37-15-9-12-23(19-37)30-24(20-38(36-30)25-13-7-4-8-14-25)16-26(35-31(43)22-10-5-3-6-11-22)32(44)34-17-27(39)33-18-28(40)41/h3-16,19-20H,2,17-18,21H2,1H3,(H3-,33,34,35,39,40,41,43,44)/p+1. The first-order chi connectivity index (χ1) is 21.7. The number of pyridine rings is 1. The average molecular weight is 612 g/mol. The van der Waals surface area contributed by atoms with Crippen molar-refractivity contribution in [2.24, 2.45) is 0 Å². The van der Waals surface area contributed by atoms with Crippen molar-refractivity contribution < 1.29 is 38.4 Å². The highest BCUT2D eigenvalue weighted by atomic mass is 16.5. The van der Waals surface area contributed by atoms with E-state index in [9.17, 15) is 24.0 Å². The lowest BCUT2D eigenvalue weighted by molar-refractivity contribution is -0.685. The summed E-state index contributed by atoms with van der Waals surface area (Å²) in [6.45, 7) is 0.790. The number of hydrogen-bond acceptors (Lipinski definition) is 7. The van der Waals surface area contributed by atoms with Crippen LogP contribution < -0.4 is 20.5 Å². The van der Waals surface area contributed by atoms with Gasteiger partial charge in [-0.15, -0.1) is 0 Å². The van der Waals surface area contributed by atoms with Crippen molar-refractivity contribution >= 4 is 35.7 Å². The van der Waals surface area contributed by atoms with Gasteiger partial charge in [-0.3, -0.25) is 19.2 Å². The minimum absolute atomic E-state index is 0.0308. The summed E-state index contributed by atoms with van der Waals surface area (Å²) in [5.74, 6) is -3.75. The predicted octanol–water partition coefficient (Wildman–Crippen LogP) is 1.48. The van der Waals surface area contributed by atoms with Crippen molar-refractivity contribution in [1.82, 2.24) is 25.7 Å². The van der Waals surface area contributed by atoms with Crippen LogP contribution in [0.25, 0.3) is 23.0 Å². The highest BCUT2D eigenvalue weighted by Gasteiger charge is 2.20. The van der Waals surface area contributed by atoms with Crippen LogP contribution in [-0.2, 0) is 30.5 Å². The molecule has 0 saturated carbocycles. The number of aromatic nitrogens is 3. The summed E-state index contributed by atoms with van der Waals surface area (Å²) in [7, 11) is 0. The van der Waals surface area contributed by atoms with Gasteiger partial charge in [-0.25, -0.2) is 9.48 Å². The van der Waals surface area contributed by atoms with E-state index in [4.69, 9.17) is 14.9 Å². The molecular weight excluding hydrogens is 580 g/mol. The van der Waals surface area contributed by atoms with Gasteiger partial charge in [0, 0.05) is 23.4 Å². The summed E-state index contributed by atoms with van der Waals surface area (Å²) in [5, 5.41) is 20.7. The maximum Gasteiger partial charge on any atom is 0.372 e. The minimum Gasteiger partial charge on any atom is -0.480 e. The molecule has 0 aliphatic rings. The molecule has 4 aromatic rings. The third-order valence-electron chi connectivity index (χ3n) is 6.19. The number of carbonyl (C=O) groups excluding carboxylic acids is 4. The summed E-state index contributed by atoms with van der Waals surface area (Å²) in [6.07, 6.45) is 6.52. The molecule has 0 fully saturated rings. The van der Waals surface area contributed by atoms with Crippen LogP contribution in [0.5, 0.6) is 0 Å². The molecule has 4 N–H and O–H groups in total. The number of para-hydroxylation sites is 1. The molecule has 13 nitrogen and oxygen atoms in total. The normalized spacial score (nSPS) is 10.9. The summed E-state index contributed by atoms with van der Waals surface area (Å²) in [6, 6.07) is 21.0. The number of ether oxygens (including phenoxy) is 1. The molecule has 0 radical (unpaired) electrons. The SMILES string of the molecule is CCOC(=O)C[n+]1cccc(-c2nn(-c3ccccc3)cc2C=C(NC(=O)c2ccccc2)C(=O)NCC(=O)NCC(=O)O)c1. The van der Waals surface area contributed by atoms with Gasteiger partial charge in [-0.1, -0.05) is 36.4 Å². The van der Waals surface area contributed by atoms with Crippen LogP contribution >= 0.6 is 0 Å². The Morgan fingerprint density at radius 1 is 0.933 bits per heavy atom. The fourth-order valence-corrected chi connectivity index (χ4v) is 4.14. The van der Waals surface area contributed by atoms with Gasteiger partial charge in [0.2, 0.25) is 12.5 Å². The second kappa shape index (κ2) is 15.4. The number of nitrogens with one attached hydrogen (secondary N) is 3. The highest BCUT2D eigenvalue weighted by molar-refractivity contribution is 6.06. The van der Waals surface area contributed by atoms with Crippen molar-refractivity contribution in [3.8, 4) is 16.9 Å². The third kappa shape index (κ3) is 9.19. The Bertz CT molecular complexity index is 1720. The third-order valence-corrected chi connectivity index (χ3v) is 6.19. The first-order valence-electron chi connectivity index (χ1n) is 13.9. The van der Waals surface area contributed by atoms with Crippen LogP contribution in [0.4, 0.5) is 0 Å². The van der Waals surface area contributed by atoms with Crippen LogP contribution in [-0.4, -0.2) is 64.2 Å². The van der Waals surface area contributed by atoms with Crippen LogP contribution in [0.1, 0.15) is 22.8 Å². The van der Waals surface area contributed by atoms with Crippen LogP contribution in [0, 0.1) is 0 Å². The van der Waals surface area contributed by atoms with Gasteiger partial charge in [0.25, 0.3) is 11.8 Å². The second-order valence-corrected chi connectivity index (χ2v) is 9.51. The van der Waals surface area contributed by atoms with E-state index in [1.165, 1.54) is 6.08 Å². The molecule has 0 saturated heterocycles. The van der Waals surface area contributed by atoms with E-state index in [2.05, 4.69) is 16.0 Å². The van der Waals surface area contributed by atoms with Crippen LogP contribution in [0.3, 0.4) is 0 Å². The molecular formula is C32H31N6O7+. The van der Waals surface area contributed by atoms with Crippen molar-refractivity contribution in [2.75, 3.05) is 19.7 Å². The van der Waals surface area contributed by atoms with Gasteiger partial charge in [-0.05, 0) is 43.3 Å². The number of carboxylic acids is 1.